The van der Waals surface area contributed by atoms with Gasteiger partial charge in [-0.2, -0.15) is 5.26 Å². The first-order chi connectivity index (χ1) is 14.1. The third-order valence-corrected chi connectivity index (χ3v) is 4.81. The molecule has 0 unspecified atom stereocenters. The Morgan fingerprint density at radius 2 is 1.72 bits per heavy atom. The molecule has 7 heteroatoms. The Morgan fingerprint density at radius 3 is 2.31 bits per heavy atom. The lowest BCUT2D eigenvalue weighted by Gasteiger charge is -2.38. The zero-order chi connectivity index (χ0) is 20.6. The smallest absolute Gasteiger partial charge is 0.324 e. The molecule has 0 atom stereocenters. The van der Waals surface area contributed by atoms with Gasteiger partial charge in [0.1, 0.15) is 11.6 Å². The summed E-state index contributed by atoms with van der Waals surface area (Å²) in [6.07, 6.45) is 1.37. The number of rotatable bonds is 5. The highest BCUT2D eigenvalue weighted by Crippen LogP contribution is 2.21. The summed E-state index contributed by atoms with van der Waals surface area (Å²) in [6.45, 7) is 4.96. The van der Waals surface area contributed by atoms with E-state index in [9.17, 15) is 4.79 Å². The van der Waals surface area contributed by atoms with Crippen LogP contribution in [0.2, 0.25) is 0 Å². The van der Waals surface area contributed by atoms with E-state index < -0.39 is 0 Å². The van der Waals surface area contributed by atoms with Gasteiger partial charge in [0.15, 0.2) is 0 Å². The number of aryl methyl sites for hydroxylation is 1. The summed E-state index contributed by atoms with van der Waals surface area (Å²) in [7, 11) is 1.65. The van der Waals surface area contributed by atoms with Crippen LogP contribution in [0.15, 0.2) is 60.4 Å². The Balaban J connectivity index is 1.57. The molecule has 0 bridgehead atoms. The van der Waals surface area contributed by atoms with Gasteiger partial charge in [0.2, 0.25) is 0 Å². The van der Waals surface area contributed by atoms with Crippen LogP contribution in [-0.4, -0.2) is 44.2 Å². The van der Waals surface area contributed by atoms with Gasteiger partial charge in [-0.3, -0.25) is 5.32 Å². The number of anilines is 2. The van der Waals surface area contributed by atoms with Gasteiger partial charge in [-0.1, -0.05) is 17.7 Å². The van der Waals surface area contributed by atoms with Crippen LogP contribution >= 0.6 is 0 Å². The summed E-state index contributed by atoms with van der Waals surface area (Å²) < 4.78 is 5.21. The van der Waals surface area contributed by atoms with Gasteiger partial charge < -0.3 is 19.9 Å². The third-order valence-electron chi connectivity index (χ3n) is 4.81. The summed E-state index contributed by atoms with van der Waals surface area (Å²) >= 11 is 0. The second kappa shape index (κ2) is 9.51. The topological polar surface area (TPSA) is 80.6 Å². The molecule has 3 rings (SSSR count). The van der Waals surface area contributed by atoms with Crippen LogP contribution in [0.3, 0.4) is 0 Å². The van der Waals surface area contributed by atoms with E-state index in [1.54, 1.807) is 7.11 Å². The van der Waals surface area contributed by atoms with Crippen LogP contribution in [0.1, 0.15) is 5.56 Å². The van der Waals surface area contributed by atoms with Crippen molar-refractivity contribution >= 4 is 17.4 Å². The molecule has 0 radical (unpaired) electrons. The zero-order valence-electron chi connectivity index (χ0n) is 16.7. The van der Waals surface area contributed by atoms with Gasteiger partial charge in [-0.15, -0.1) is 0 Å². The summed E-state index contributed by atoms with van der Waals surface area (Å²) in [5.41, 5.74) is 2.95. The number of urea groups is 1. The van der Waals surface area contributed by atoms with Crippen LogP contribution in [0.5, 0.6) is 5.75 Å². The van der Waals surface area contributed by atoms with Gasteiger partial charge in [-0.25, -0.2) is 4.79 Å². The maximum absolute atomic E-state index is 12.4. The molecule has 1 saturated heterocycles. The Morgan fingerprint density at radius 1 is 1.07 bits per heavy atom. The molecule has 29 heavy (non-hydrogen) atoms. The number of benzene rings is 2. The first-order valence-corrected chi connectivity index (χ1v) is 9.47. The minimum atomic E-state index is -0.368. The summed E-state index contributed by atoms with van der Waals surface area (Å²) in [4.78, 5) is 16.6. The Labute approximate surface area is 171 Å². The largest absolute Gasteiger partial charge is 0.497 e. The highest BCUT2D eigenvalue weighted by atomic mass is 16.5. The lowest BCUT2D eigenvalue weighted by molar-refractivity contribution is 0.245. The Bertz CT molecular complexity index is 892. The van der Waals surface area contributed by atoms with Crippen LogP contribution in [0.4, 0.5) is 16.2 Å². The lowest BCUT2D eigenvalue weighted by Crippen LogP contribution is -2.49. The van der Waals surface area contributed by atoms with Crippen LogP contribution in [0.25, 0.3) is 0 Å². The molecule has 0 aliphatic carbocycles. The minimum absolute atomic E-state index is 0.368. The fourth-order valence-corrected chi connectivity index (χ4v) is 3.18. The number of hydrogen-bond acceptors (Lipinski definition) is 5. The number of carbonyl (C=O) groups is 1. The zero-order valence-corrected chi connectivity index (χ0v) is 16.7. The fraction of sp³-hybridized carbons (Fsp3) is 0.273. The van der Waals surface area contributed by atoms with E-state index in [2.05, 4.69) is 15.5 Å². The van der Waals surface area contributed by atoms with Crippen molar-refractivity contribution in [2.24, 2.45) is 0 Å². The first-order valence-electron chi connectivity index (χ1n) is 9.47. The number of carbonyl (C=O) groups excluding carboxylic acids is 1. The van der Waals surface area contributed by atoms with E-state index in [-0.39, 0.29) is 6.03 Å². The number of hydrogen-bond donors (Lipinski definition) is 2. The van der Waals surface area contributed by atoms with Gasteiger partial charge in [0.05, 0.1) is 19.3 Å². The van der Waals surface area contributed by atoms with E-state index in [0.29, 0.717) is 24.6 Å². The van der Waals surface area contributed by atoms with E-state index in [4.69, 9.17) is 10.00 Å². The molecule has 7 nitrogen and oxygen atoms in total. The maximum atomic E-state index is 12.4. The van der Waals surface area contributed by atoms with Crippen molar-refractivity contribution in [3.8, 4) is 11.8 Å². The van der Waals surface area contributed by atoms with E-state index >= 15 is 0 Å². The second-order valence-corrected chi connectivity index (χ2v) is 6.78. The Kier molecular flexibility index (Phi) is 6.59. The summed E-state index contributed by atoms with van der Waals surface area (Å²) in [6, 6.07) is 17.2. The fourth-order valence-electron chi connectivity index (χ4n) is 3.18. The highest BCUT2D eigenvalue weighted by Gasteiger charge is 2.20. The number of nitrogens with zero attached hydrogens (tertiary/aromatic N) is 3. The number of allylic oxidation sites excluding steroid dienone is 1. The van der Waals surface area contributed by atoms with Crippen molar-refractivity contribution in [2.45, 2.75) is 6.92 Å². The van der Waals surface area contributed by atoms with Crippen molar-refractivity contribution in [1.29, 1.82) is 5.26 Å². The molecule has 0 saturated carbocycles. The van der Waals surface area contributed by atoms with Crippen molar-refractivity contribution in [3.63, 3.8) is 0 Å². The number of nitrogens with one attached hydrogen (secondary N) is 2. The Hall–Kier alpha value is -3.66. The predicted octanol–water partition coefficient (Wildman–Crippen LogP) is 3.31. The number of amides is 2. The lowest BCUT2D eigenvalue weighted by atomic mass is 10.2. The normalized spacial score (nSPS) is 14.2. The van der Waals surface area contributed by atoms with Crippen molar-refractivity contribution < 1.29 is 9.53 Å². The number of methoxy groups -OCH3 is 1. The SMILES string of the molecule is COc1ccc(N2CCN(/C(=C/C#N)NC(=O)Nc3ccc(C)cc3)CC2)cc1. The molecule has 1 fully saturated rings. The molecule has 0 aromatic heterocycles. The summed E-state index contributed by atoms with van der Waals surface area (Å²) in [5.74, 6) is 1.34. The minimum Gasteiger partial charge on any atom is -0.497 e. The molecule has 1 aliphatic rings. The van der Waals surface area contributed by atoms with Gasteiger partial charge in [0.25, 0.3) is 0 Å². The monoisotopic (exact) mass is 391 g/mol. The van der Waals surface area contributed by atoms with Gasteiger partial charge in [0, 0.05) is 37.6 Å². The molecule has 2 amide bonds. The van der Waals surface area contributed by atoms with Crippen LogP contribution in [-0.2, 0) is 0 Å². The first kappa shape index (κ1) is 20.1. The number of nitriles is 1. The number of ether oxygens (including phenoxy) is 1. The predicted molar refractivity (Wildman–Crippen MR) is 114 cm³/mol. The van der Waals surface area contributed by atoms with E-state index in [0.717, 1.165) is 30.1 Å². The van der Waals surface area contributed by atoms with Crippen molar-refractivity contribution in [2.75, 3.05) is 43.5 Å². The quantitative estimate of drug-likeness (QED) is 0.765. The van der Waals surface area contributed by atoms with Crippen molar-refractivity contribution in [1.82, 2.24) is 10.2 Å². The van der Waals surface area contributed by atoms with E-state index in [1.165, 1.54) is 6.08 Å². The average Bonchev–Trinajstić information content (AvgIpc) is 2.75. The molecule has 1 aliphatic heterocycles. The van der Waals surface area contributed by atoms with Crippen LogP contribution < -0.4 is 20.3 Å². The van der Waals surface area contributed by atoms with Gasteiger partial charge >= 0.3 is 6.03 Å². The average molecular weight is 391 g/mol. The number of piperazine rings is 1. The molecule has 2 aromatic rings. The molecule has 0 spiro atoms. The molecule has 2 N–H and O–H groups in total. The summed E-state index contributed by atoms with van der Waals surface area (Å²) in [5, 5.41) is 14.7. The highest BCUT2D eigenvalue weighted by molar-refractivity contribution is 5.90. The molecule has 1 heterocycles. The van der Waals surface area contributed by atoms with Crippen molar-refractivity contribution in [3.05, 3.63) is 66.0 Å². The molecule has 150 valence electrons. The standard InChI is InChI=1S/C22H25N5O2/c1-17-3-5-18(6-4-17)24-22(28)25-21(11-12-23)27-15-13-26(14-16-27)19-7-9-20(29-2)10-8-19/h3-11H,13-16H2,1-2H3,(H2,24,25,28)/b21-11+. The molecule has 2 aromatic carbocycles. The molecular formula is C22H25N5O2. The second-order valence-electron chi connectivity index (χ2n) is 6.78. The van der Waals surface area contributed by atoms with Gasteiger partial charge in [-0.05, 0) is 43.3 Å². The van der Waals surface area contributed by atoms with E-state index in [1.807, 2.05) is 66.4 Å². The maximum Gasteiger partial charge on any atom is 0.324 e. The van der Waals surface area contributed by atoms with Crippen LogP contribution in [0, 0.1) is 18.3 Å². The third kappa shape index (κ3) is 5.42. The molecular weight excluding hydrogens is 366 g/mol.